The number of allylic oxidation sites excluding steroid dienone is 1. The van der Waals surface area contributed by atoms with E-state index in [4.69, 9.17) is 0 Å². The number of rotatable bonds is 6. The predicted octanol–water partition coefficient (Wildman–Crippen LogP) is 5.07. The van der Waals surface area contributed by atoms with Crippen molar-refractivity contribution < 1.29 is 8.78 Å². The summed E-state index contributed by atoms with van der Waals surface area (Å²) in [7, 11) is 0. The van der Waals surface area contributed by atoms with Gasteiger partial charge < -0.3 is 9.80 Å². The van der Waals surface area contributed by atoms with Gasteiger partial charge in [-0.3, -0.25) is 0 Å². The Balaban J connectivity index is 1.97. The van der Waals surface area contributed by atoms with Crippen LogP contribution in [0.2, 0.25) is 0 Å². The van der Waals surface area contributed by atoms with Crippen LogP contribution in [0.15, 0.2) is 11.9 Å². The monoisotopic (exact) mass is 314 g/mol. The van der Waals surface area contributed by atoms with Crippen molar-refractivity contribution in [2.45, 2.75) is 78.3 Å². The first-order valence-corrected chi connectivity index (χ1v) is 8.92. The van der Waals surface area contributed by atoms with Crippen LogP contribution >= 0.6 is 0 Å². The number of hydrogen-bond donors (Lipinski definition) is 0. The van der Waals surface area contributed by atoms with Gasteiger partial charge in [0, 0.05) is 37.8 Å². The average molecular weight is 314 g/mol. The van der Waals surface area contributed by atoms with Gasteiger partial charge in [0.25, 0.3) is 0 Å². The molecule has 2 rings (SSSR count). The molecule has 1 atom stereocenters. The van der Waals surface area contributed by atoms with Crippen molar-refractivity contribution >= 4 is 0 Å². The molecule has 4 heteroatoms. The Morgan fingerprint density at radius 3 is 2.45 bits per heavy atom. The Morgan fingerprint density at radius 2 is 1.91 bits per heavy atom. The molecule has 2 aliphatic rings. The summed E-state index contributed by atoms with van der Waals surface area (Å²) in [6.45, 7) is 11.0. The van der Waals surface area contributed by atoms with E-state index < -0.39 is 5.92 Å². The highest BCUT2D eigenvalue weighted by Gasteiger charge is 2.38. The zero-order valence-corrected chi connectivity index (χ0v) is 14.6. The molecule has 1 aliphatic carbocycles. The van der Waals surface area contributed by atoms with Gasteiger partial charge in [-0.05, 0) is 38.0 Å². The van der Waals surface area contributed by atoms with Crippen LogP contribution in [0.25, 0.3) is 0 Å². The van der Waals surface area contributed by atoms with Gasteiger partial charge in [0.15, 0.2) is 0 Å². The molecule has 128 valence electrons. The summed E-state index contributed by atoms with van der Waals surface area (Å²) in [6, 6.07) is 0. The van der Waals surface area contributed by atoms with E-state index in [2.05, 4.69) is 43.7 Å². The molecule has 1 saturated carbocycles. The van der Waals surface area contributed by atoms with E-state index in [0.29, 0.717) is 30.8 Å². The third-order valence-electron chi connectivity index (χ3n) is 5.12. The first kappa shape index (κ1) is 17.6. The number of alkyl halides is 2. The first-order chi connectivity index (χ1) is 10.3. The van der Waals surface area contributed by atoms with Gasteiger partial charge in [0.1, 0.15) is 6.17 Å². The molecule has 0 amide bonds. The van der Waals surface area contributed by atoms with Gasteiger partial charge in [-0.15, -0.1) is 0 Å². The van der Waals surface area contributed by atoms with Gasteiger partial charge in [-0.2, -0.15) is 0 Å². The van der Waals surface area contributed by atoms with Crippen molar-refractivity contribution in [3.05, 3.63) is 11.9 Å². The highest BCUT2D eigenvalue weighted by Crippen LogP contribution is 2.38. The molecule has 1 aliphatic heterocycles. The number of hydrogen-bond acceptors (Lipinski definition) is 2. The van der Waals surface area contributed by atoms with Crippen molar-refractivity contribution in [1.29, 1.82) is 0 Å². The molecule has 0 aromatic carbocycles. The lowest BCUT2D eigenvalue weighted by atomic mass is 9.86. The highest BCUT2D eigenvalue weighted by atomic mass is 19.3. The van der Waals surface area contributed by atoms with Gasteiger partial charge in [-0.1, -0.05) is 27.2 Å². The van der Waals surface area contributed by atoms with E-state index in [1.165, 1.54) is 18.5 Å². The van der Waals surface area contributed by atoms with Crippen molar-refractivity contribution in [3.63, 3.8) is 0 Å². The van der Waals surface area contributed by atoms with Crippen LogP contribution < -0.4 is 0 Å². The maximum absolute atomic E-state index is 13.3. The molecule has 1 unspecified atom stereocenters. The maximum atomic E-state index is 13.3. The summed E-state index contributed by atoms with van der Waals surface area (Å²) >= 11 is 0. The standard InChI is InChI=1S/C18H32F2N2/c1-5-6-11-22-15(4)12-21(17(22)14(2)3)13-16-7-9-18(19,20)10-8-16/h12,14,16-17H,5-11,13H2,1-4H3. The van der Waals surface area contributed by atoms with Gasteiger partial charge >= 0.3 is 0 Å². The highest BCUT2D eigenvalue weighted by molar-refractivity contribution is 5.08. The summed E-state index contributed by atoms with van der Waals surface area (Å²) in [6.07, 6.45) is 6.53. The van der Waals surface area contributed by atoms with Crippen molar-refractivity contribution in [1.82, 2.24) is 9.80 Å². The molecular weight excluding hydrogens is 282 g/mol. The lowest BCUT2D eigenvalue weighted by Gasteiger charge is -2.39. The summed E-state index contributed by atoms with van der Waals surface area (Å²) in [4.78, 5) is 4.93. The van der Waals surface area contributed by atoms with Crippen LogP contribution in [-0.4, -0.2) is 35.0 Å². The van der Waals surface area contributed by atoms with E-state index in [9.17, 15) is 8.78 Å². The molecule has 0 saturated heterocycles. The lowest BCUT2D eigenvalue weighted by Crippen LogP contribution is -2.45. The Morgan fingerprint density at radius 1 is 1.27 bits per heavy atom. The SMILES string of the molecule is CCCCN1C(C)=CN(CC2CCC(F)(F)CC2)C1C(C)C. The summed E-state index contributed by atoms with van der Waals surface area (Å²) in [5, 5.41) is 0. The molecule has 0 aromatic heterocycles. The normalized spacial score (nSPS) is 26.0. The Bertz CT molecular complexity index is 383. The minimum Gasteiger partial charge on any atom is -0.355 e. The minimum atomic E-state index is -2.42. The zero-order valence-electron chi connectivity index (χ0n) is 14.6. The Hall–Kier alpha value is -0.800. The molecule has 2 nitrogen and oxygen atoms in total. The van der Waals surface area contributed by atoms with Crippen LogP contribution in [0.5, 0.6) is 0 Å². The molecule has 0 spiro atoms. The molecule has 0 aromatic rings. The molecule has 0 radical (unpaired) electrons. The zero-order chi connectivity index (χ0) is 16.3. The first-order valence-electron chi connectivity index (χ1n) is 8.92. The topological polar surface area (TPSA) is 6.48 Å². The van der Waals surface area contributed by atoms with E-state index in [0.717, 1.165) is 13.1 Å². The van der Waals surface area contributed by atoms with Crippen molar-refractivity contribution in [2.75, 3.05) is 13.1 Å². The van der Waals surface area contributed by atoms with E-state index in [1.54, 1.807) is 0 Å². The minimum absolute atomic E-state index is 0.0695. The van der Waals surface area contributed by atoms with Crippen LogP contribution in [-0.2, 0) is 0 Å². The Kier molecular flexibility index (Phi) is 5.73. The quantitative estimate of drug-likeness (QED) is 0.675. The van der Waals surface area contributed by atoms with E-state index >= 15 is 0 Å². The molecule has 0 bridgehead atoms. The third-order valence-corrected chi connectivity index (χ3v) is 5.12. The third kappa shape index (κ3) is 4.14. The van der Waals surface area contributed by atoms with Gasteiger partial charge in [0.2, 0.25) is 5.92 Å². The fourth-order valence-electron chi connectivity index (χ4n) is 3.90. The van der Waals surface area contributed by atoms with Gasteiger partial charge in [-0.25, -0.2) is 8.78 Å². The van der Waals surface area contributed by atoms with Crippen molar-refractivity contribution in [2.24, 2.45) is 11.8 Å². The molecule has 1 fully saturated rings. The van der Waals surface area contributed by atoms with E-state index in [1.807, 2.05) is 0 Å². The second-order valence-electron chi connectivity index (χ2n) is 7.47. The molecular formula is C18H32F2N2. The van der Waals surface area contributed by atoms with Crippen LogP contribution in [0.1, 0.15) is 66.2 Å². The fourth-order valence-corrected chi connectivity index (χ4v) is 3.90. The largest absolute Gasteiger partial charge is 0.355 e. The van der Waals surface area contributed by atoms with Crippen molar-refractivity contribution in [3.8, 4) is 0 Å². The van der Waals surface area contributed by atoms with Crippen LogP contribution in [0.4, 0.5) is 8.78 Å². The fraction of sp³-hybridized carbons (Fsp3) is 0.889. The molecule has 22 heavy (non-hydrogen) atoms. The summed E-state index contributed by atoms with van der Waals surface area (Å²) in [5.74, 6) is -1.47. The summed E-state index contributed by atoms with van der Waals surface area (Å²) < 4.78 is 26.7. The molecule has 0 N–H and O–H groups in total. The number of unbranched alkanes of at least 4 members (excludes halogenated alkanes) is 1. The number of nitrogens with zero attached hydrogens (tertiary/aromatic N) is 2. The van der Waals surface area contributed by atoms with Gasteiger partial charge in [0.05, 0.1) is 0 Å². The maximum Gasteiger partial charge on any atom is 0.248 e. The van der Waals surface area contributed by atoms with Crippen LogP contribution in [0.3, 0.4) is 0 Å². The lowest BCUT2D eigenvalue weighted by molar-refractivity contribution is -0.0503. The van der Waals surface area contributed by atoms with E-state index in [-0.39, 0.29) is 12.8 Å². The second-order valence-corrected chi connectivity index (χ2v) is 7.47. The molecule has 1 heterocycles. The average Bonchev–Trinajstić information content (AvgIpc) is 2.75. The smallest absolute Gasteiger partial charge is 0.248 e. The van der Waals surface area contributed by atoms with Crippen LogP contribution in [0, 0.1) is 11.8 Å². The number of halogens is 2. The Labute approximate surface area is 134 Å². The predicted molar refractivity (Wildman–Crippen MR) is 87.6 cm³/mol. The summed E-state index contributed by atoms with van der Waals surface area (Å²) in [5.41, 5.74) is 1.33. The second kappa shape index (κ2) is 7.18.